The van der Waals surface area contributed by atoms with Crippen molar-refractivity contribution in [3.63, 3.8) is 0 Å². The Hall–Kier alpha value is -2.37. The summed E-state index contributed by atoms with van der Waals surface area (Å²) in [5, 5.41) is 0. The minimum Gasteiger partial charge on any atom is -0.308 e. The lowest BCUT2D eigenvalue weighted by Crippen LogP contribution is -2.42. The van der Waals surface area contributed by atoms with Gasteiger partial charge in [0.1, 0.15) is 5.82 Å². The maximum absolute atomic E-state index is 13.5. The van der Waals surface area contributed by atoms with Crippen molar-refractivity contribution in [3.05, 3.63) is 105 Å². The van der Waals surface area contributed by atoms with Crippen LogP contribution in [0, 0.1) is 5.82 Å². The van der Waals surface area contributed by atoms with Crippen LogP contribution in [0.3, 0.4) is 0 Å². The lowest BCUT2D eigenvalue weighted by molar-refractivity contribution is 0.191. The molecule has 0 spiro atoms. The second-order valence-corrected chi connectivity index (χ2v) is 9.71. The number of hydrogen-bond donors (Lipinski definition) is 0. The van der Waals surface area contributed by atoms with Crippen molar-refractivity contribution in [2.45, 2.75) is 38.4 Å². The highest BCUT2D eigenvalue weighted by Crippen LogP contribution is 2.28. The average molecular weight is 435 g/mol. The lowest BCUT2D eigenvalue weighted by Gasteiger charge is -2.34. The van der Waals surface area contributed by atoms with Gasteiger partial charge in [-0.05, 0) is 47.1 Å². The number of hydrogen-bond acceptors (Lipinski definition) is 3. The third-order valence-electron chi connectivity index (χ3n) is 6.49. The van der Waals surface area contributed by atoms with E-state index in [1.807, 2.05) is 34.5 Å². The lowest BCUT2D eigenvalue weighted by atomic mass is 9.97. The van der Waals surface area contributed by atoms with Gasteiger partial charge in [0.05, 0.1) is 6.54 Å². The third-order valence-corrected chi connectivity index (χ3v) is 7.63. The van der Waals surface area contributed by atoms with E-state index in [1.54, 1.807) is 12.1 Å². The zero-order valence-corrected chi connectivity index (χ0v) is 18.4. The van der Waals surface area contributed by atoms with Crippen molar-refractivity contribution in [1.82, 2.24) is 9.47 Å². The first-order valence-corrected chi connectivity index (χ1v) is 12.2. The van der Waals surface area contributed by atoms with Gasteiger partial charge in [-0.15, -0.1) is 0 Å². The van der Waals surface area contributed by atoms with Gasteiger partial charge in [-0.25, -0.2) is 4.39 Å². The Kier molecular flexibility index (Phi) is 5.97. The summed E-state index contributed by atoms with van der Waals surface area (Å²) in [6, 6.07) is 19.5. The number of rotatable bonds is 5. The van der Waals surface area contributed by atoms with Gasteiger partial charge in [-0.2, -0.15) is 11.8 Å². The Morgan fingerprint density at radius 1 is 1.03 bits per heavy atom. The molecule has 160 valence electrons. The fraction of sp³-hybridized carbons (Fsp3) is 0.346. The molecule has 0 N–H and O–H groups in total. The van der Waals surface area contributed by atoms with E-state index in [9.17, 15) is 9.18 Å². The Balaban J connectivity index is 1.53. The molecule has 5 heteroatoms. The first-order valence-electron chi connectivity index (χ1n) is 11.0. The molecule has 3 heterocycles. The van der Waals surface area contributed by atoms with E-state index in [0.29, 0.717) is 19.0 Å². The molecule has 3 aromatic rings. The van der Waals surface area contributed by atoms with Crippen molar-refractivity contribution in [2.24, 2.45) is 0 Å². The van der Waals surface area contributed by atoms with Gasteiger partial charge in [0.2, 0.25) is 0 Å². The summed E-state index contributed by atoms with van der Waals surface area (Å²) in [6.07, 6.45) is 2.78. The number of benzene rings is 2. The Bertz CT molecular complexity index is 1100. The number of halogens is 1. The Labute approximate surface area is 186 Å². The summed E-state index contributed by atoms with van der Waals surface area (Å²) in [5.41, 5.74) is 5.44. The monoisotopic (exact) mass is 434 g/mol. The van der Waals surface area contributed by atoms with Crippen molar-refractivity contribution >= 4 is 11.8 Å². The number of fused-ring (bicyclic) bond motifs is 1. The van der Waals surface area contributed by atoms with Crippen LogP contribution in [0.4, 0.5) is 4.39 Å². The molecule has 1 atom stereocenters. The van der Waals surface area contributed by atoms with E-state index < -0.39 is 0 Å². The van der Waals surface area contributed by atoms with Crippen molar-refractivity contribution in [3.8, 4) is 0 Å². The first kappa shape index (κ1) is 20.5. The third kappa shape index (κ3) is 4.48. The molecule has 0 amide bonds. The molecule has 0 saturated carbocycles. The molecule has 0 radical (unpaired) electrons. The number of aromatic nitrogens is 1. The van der Waals surface area contributed by atoms with Crippen LogP contribution in [0.15, 0.2) is 65.5 Å². The van der Waals surface area contributed by atoms with Crippen LogP contribution in [0.25, 0.3) is 0 Å². The molecular formula is C26H27FN2OS. The summed E-state index contributed by atoms with van der Waals surface area (Å²) in [4.78, 5) is 16.1. The molecule has 5 rings (SSSR count). The smallest absolute Gasteiger partial charge is 0.254 e. The molecule has 31 heavy (non-hydrogen) atoms. The molecular weight excluding hydrogens is 407 g/mol. The van der Waals surface area contributed by atoms with Crippen LogP contribution in [-0.2, 0) is 25.9 Å². The summed E-state index contributed by atoms with van der Waals surface area (Å²) in [5.74, 6) is 2.21. The molecule has 3 nitrogen and oxygen atoms in total. The van der Waals surface area contributed by atoms with Gasteiger partial charge in [0, 0.05) is 49.0 Å². The van der Waals surface area contributed by atoms with E-state index in [4.69, 9.17) is 0 Å². The molecule has 1 fully saturated rings. The summed E-state index contributed by atoms with van der Waals surface area (Å²) < 4.78 is 15.3. The zero-order valence-electron chi connectivity index (χ0n) is 17.6. The second kappa shape index (κ2) is 9.01. The van der Waals surface area contributed by atoms with Gasteiger partial charge in [0.15, 0.2) is 0 Å². The highest BCUT2D eigenvalue weighted by Gasteiger charge is 2.28. The van der Waals surface area contributed by atoms with E-state index in [2.05, 4.69) is 23.1 Å². The van der Waals surface area contributed by atoms with E-state index in [1.165, 1.54) is 35.6 Å². The van der Waals surface area contributed by atoms with Crippen LogP contribution in [-0.4, -0.2) is 33.6 Å². The van der Waals surface area contributed by atoms with Gasteiger partial charge in [-0.3, -0.25) is 9.69 Å². The van der Waals surface area contributed by atoms with Crippen LogP contribution in [0.2, 0.25) is 0 Å². The second-order valence-electron chi connectivity index (χ2n) is 8.56. The van der Waals surface area contributed by atoms with Crippen molar-refractivity contribution in [1.29, 1.82) is 0 Å². The fourth-order valence-corrected chi connectivity index (χ4v) is 6.06. The molecule has 1 saturated heterocycles. The minimum absolute atomic E-state index is 0.0804. The van der Waals surface area contributed by atoms with Crippen molar-refractivity contribution in [2.75, 3.05) is 18.1 Å². The normalized spacial score (nSPS) is 18.8. The highest BCUT2D eigenvalue weighted by atomic mass is 32.2. The number of nitrogens with zero attached hydrogens (tertiary/aromatic N) is 2. The highest BCUT2D eigenvalue weighted by molar-refractivity contribution is 7.99. The van der Waals surface area contributed by atoms with Crippen molar-refractivity contribution < 1.29 is 4.39 Å². The zero-order chi connectivity index (χ0) is 21.2. The molecule has 2 aliphatic heterocycles. The number of pyridine rings is 1. The Morgan fingerprint density at radius 2 is 1.84 bits per heavy atom. The van der Waals surface area contributed by atoms with Crippen LogP contribution in [0.5, 0.6) is 0 Å². The molecule has 0 bridgehead atoms. The summed E-state index contributed by atoms with van der Waals surface area (Å²) in [7, 11) is 0. The van der Waals surface area contributed by atoms with Crippen LogP contribution in [0.1, 0.15) is 34.4 Å². The molecule has 2 aromatic carbocycles. The minimum atomic E-state index is -0.249. The fourth-order valence-electron chi connectivity index (χ4n) is 4.81. The molecule has 1 unspecified atom stereocenters. The Morgan fingerprint density at radius 3 is 2.58 bits per heavy atom. The van der Waals surface area contributed by atoms with E-state index >= 15 is 0 Å². The van der Waals surface area contributed by atoms with Gasteiger partial charge < -0.3 is 4.57 Å². The molecule has 1 aromatic heterocycles. The van der Waals surface area contributed by atoms with E-state index in [-0.39, 0.29) is 11.4 Å². The van der Waals surface area contributed by atoms with Gasteiger partial charge in [0.25, 0.3) is 5.56 Å². The molecule has 0 aliphatic carbocycles. The predicted molar refractivity (Wildman–Crippen MR) is 125 cm³/mol. The quantitative estimate of drug-likeness (QED) is 0.592. The number of thioether (sulfide) groups is 1. The molecule has 2 aliphatic rings. The van der Waals surface area contributed by atoms with Gasteiger partial charge >= 0.3 is 0 Å². The van der Waals surface area contributed by atoms with Crippen LogP contribution >= 0.6 is 11.8 Å². The van der Waals surface area contributed by atoms with E-state index in [0.717, 1.165) is 41.9 Å². The standard InChI is InChI=1S/C26H27FN2OS/c27-23-8-6-20(7-9-23)16-29-25-10-12-28(24-11-13-31-18-24)17-22(25)15-21(26(29)30)14-19-4-2-1-3-5-19/h1-9,15,24H,10-14,16-18H2. The SMILES string of the molecule is O=c1c(Cc2ccccc2)cc2c(n1Cc1ccc(F)cc1)CCN(C1CCSC1)C2. The maximum Gasteiger partial charge on any atom is 0.254 e. The van der Waals surface area contributed by atoms with Gasteiger partial charge in [-0.1, -0.05) is 42.5 Å². The summed E-state index contributed by atoms with van der Waals surface area (Å²) in [6.45, 7) is 2.40. The predicted octanol–water partition coefficient (Wildman–Crippen LogP) is 4.49. The largest absolute Gasteiger partial charge is 0.308 e. The first-order chi connectivity index (χ1) is 15.2. The topological polar surface area (TPSA) is 25.2 Å². The maximum atomic E-state index is 13.5. The summed E-state index contributed by atoms with van der Waals surface area (Å²) >= 11 is 2.04. The average Bonchev–Trinajstić information content (AvgIpc) is 3.33. The van der Waals surface area contributed by atoms with Crippen LogP contribution < -0.4 is 5.56 Å².